The quantitative estimate of drug-likeness (QED) is 0.709. The van der Waals surface area contributed by atoms with Gasteiger partial charge >= 0.3 is 6.09 Å². The maximum Gasteiger partial charge on any atom is 0.427 e. The molecule has 34 heavy (non-hydrogen) atoms. The molecule has 0 spiro atoms. The van der Waals surface area contributed by atoms with Crippen LogP contribution in [0.1, 0.15) is 35.6 Å². The van der Waals surface area contributed by atoms with Crippen LogP contribution in [0.15, 0.2) is 48.5 Å². The van der Waals surface area contributed by atoms with Crippen molar-refractivity contribution in [3.05, 3.63) is 65.2 Å². The molecule has 3 aliphatic heterocycles. The van der Waals surface area contributed by atoms with Gasteiger partial charge in [0.2, 0.25) is 5.91 Å². The van der Waals surface area contributed by atoms with Gasteiger partial charge in [-0.3, -0.25) is 15.1 Å². The fraction of sp³-hybridized carbons (Fsp3) is 0.462. The summed E-state index contributed by atoms with van der Waals surface area (Å²) < 4.78 is 10.9. The van der Waals surface area contributed by atoms with Crippen molar-refractivity contribution in [3.8, 4) is 5.75 Å². The summed E-state index contributed by atoms with van der Waals surface area (Å²) in [5.41, 5.74) is 6.47. The highest BCUT2D eigenvalue weighted by molar-refractivity contribution is 5.79. The summed E-state index contributed by atoms with van der Waals surface area (Å²) in [4.78, 5) is 29.3. The number of hydrogen-bond donors (Lipinski definition) is 1. The Morgan fingerprint density at radius 1 is 0.971 bits per heavy atom. The summed E-state index contributed by atoms with van der Waals surface area (Å²) in [7, 11) is 0. The van der Waals surface area contributed by atoms with Crippen LogP contribution in [0.2, 0.25) is 0 Å². The zero-order valence-corrected chi connectivity index (χ0v) is 19.4. The third-order valence-electron chi connectivity index (χ3n) is 6.94. The number of fused-ring (bicyclic) bond motifs is 1. The predicted molar refractivity (Wildman–Crippen MR) is 127 cm³/mol. The van der Waals surface area contributed by atoms with Crippen LogP contribution in [-0.2, 0) is 22.5 Å². The fourth-order valence-corrected chi connectivity index (χ4v) is 5.04. The second kappa shape index (κ2) is 10.5. The van der Waals surface area contributed by atoms with Crippen molar-refractivity contribution in [2.75, 3.05) is 45.9 Å². The van der Waals surface area contributed by atoms with Crippen LogP contribution in [0.4, 0.5) is 4.79 Å². The molecule has 1 atom stereocenters. The first-order valence-electron chi connectivity index (χ1n) is 12.2. The average Bonchev–Trinajstić information content (AvgIpc) is 3.24. The molecule has 2 fully saturated rings. The van der Waals surface area contributed by atoms with Crippen LogP contribution < -0.4 is 10.2 Å². The van der Waals surface area contributed by atoms with Gasteiger partial charge in [0.05, 0.1) is 19.3 Å². The van der Waals surface area contributed by atoms with E-state index in [0.717, 1.165) is 64.3 Å². The normalized spacial score (nSPS) is 21.4. The van der Waals surface area contributed by atoms with Crippen molar-refractivity contribution in [1.82, 2.24) is 20.2 Å². The SMILES string of the molecule is O=C(NN1CCc2ccccc2C1)Oc1ccc(C2CCC(=O)N2CCN2CCOCC2)cc1. The van der Waals surface area contributed by atoms with Crippen LogP contribution >= 0.6 is 0 Å². The number of benzene rings is 2. The zero-order valence-electron chi connectivity index (χ0n) is 19.4. The first kappa shape index (κ1) is 22.8. The predicted octanol–water partition coefficient (Wildman–Crippen LogP) is 2.74. The molecule has 2 aromatic rings. The molecule has 0 saturated carbocycles. The van der Waals surface area contributed by atoms with E-state index in [1.807, 2.05) is 46.3 Å². The van der Waals surface area contributed by atoms with Gasteiger partial charge in [-0.1, -0.05) is 36.4 Å². The van der Waals surface area contributed by atoms with Crippen LogP contribution in [0, 0.1) is 0 Å². The third kappa shape index (κ3) is 5.41. The number of nitrogens with one attached hydrogen (secondary N) is 1. The second-order valence-corrected chi connectivity index (χ2v) is 9.11. The molecule has 2 aromatic carbocycles. The lowest BCUT2D eigenvalue weighted by atomic mass is 10.0. The lowest BCUT2D eigenvalue weighted by molar-refractivity contribution is -0.129. The number of morpholine rings is 1. The second-order valence-electron chi connectivity index (χ2n) is 9.11. The number of amides is 2. The van der Waals surface area contributed by atoms with Crippen LogP contribution in [0.3, 0.4) is 0 Å². The van der Waals surface area contributed by atoms with E-state index in [9.17, 15) is 9.59 Å². The van der Waals surface area contributed by atoms with Gasteiger partial charge in [-0.25, -0.2) is 9.80 Å². The lowest BCUT2D eigenvalue weighted by Crippen LogP contribution is -2.46. The number of carbonyl (C=O) groups is 2. The summed E-state index contributed by atoms with van der Waals surface area (Å²) >= 11 is 0. The molecule has 2 amide bonds. The Morgan fingerprint density at radius 3 is 2.53 bits per heavy atom. The summed E-state index contributed by atoms with van der Waals surface area (Å²) in [5.74, 6) is 0.698. The van der Waals surface area contributed by atoms with E-state index < -0.39 is 6.09 Å². The molecule has 2 saturated heterocycles. The van der Waals surface area contributed by atoms with E-state index in [-0.39, 0.29) is 11.9 Å². The van der Waals surface area contributed by atoms with Gasteiger partial charge in [0.1, 0.15) is 5.75 Å². The van der Waals surface area contributed by atoms with E-state index in [1.165, 1.54) is 11.1 Å². The Hall–Kier alpha value is -2.94. The first-order chi connectivity index (χ1) is 16.7. The van der Waals surface area contributed by atoms with Crippen molar-refractivity contribution in [2.24, 2.45) is 0 Å². The minimum Gasteiger partial charge on any atom is -0.409 e. The summed E-state index contributed by atoms with van der Waals surface area (Å²) in [5, 5.41) is 1.88. The lowest BCUT2D eigenvalue weighted by Gasteiger charge is -2.31. The van der Waals surface area contributed by atoms with Crippen LogP contribution in [-0.4, -0.2) is 72.7 Å². The van der Waals surface area contributed by atoms with Gasteiger partial charge in [0.15, 0.2) is 0 Å². The Bertz CT molecular complexity index is 1010. The van der Waals surface area contributed by atoms with Gasteiger partial charge in [0.25, 0.3) is 0 Å². The Kier molecular flexibility index (Phi) is 7.08. The minimum absolute atomic E-state index is 0.0739. The molecule has 8 heteroatoms. The molecule has 3 aliphatic rings. The molecule has 1 N–H and O–H groups in total. The van der Waals surface area contributed by atoms with Gasteiger partial charge in [-0.15, -0.1) is 0 Å². The van der Waals surface area contributed by atoms with Crippen molar-refractivity contribution in [1.29, 1.82) is 0 Å². The number of rotatable bonds is 6. The molecule has 0 bridgehead atoms. The van der Waals surface area contributed by atoms with Gasteiger partial charge < -0.3 is 14.4 Å². The number of carbonyl (C=O) groups excluding carboxylic acids is 2. The Morgan fingerprint density at radius 2 is 1.74 bits per heavy atom. The van der Waals surface area contributed by atoms with E-state index in [4.69, 9.17) is 9.47 Å². The van der Waals surface area contributed by atoms with Gasteiger partial charge in [-0.2, -0.15) is 0 Å². The van der Waals surface area contributed by atoms with E-state index in [0.29, 0.717) is 18.7 Å². The molecular weight excluding hydrogens is 432 g/mol. The summed E-state index contributed by atoms with van der Waals surface area (Å²) in [6.07, 6.45) is 1.80. The molecular formula is C26H32N4O4. The monoisotopic (exact) mass is 464 g/mol. The highest BCUT2D eigenvalue weighted by atomic mass is 16.6. The first-order valence-corrected chi connectivity index (χ1v) is 12.2. The van der Waals surface area contributed by atoms with Crippen molar-refractivity contribution in [2.45, 2.75) is 31.8 Å². The third-order valence-corrected chi connectivity index (χ3v) is 6.94. The number of hydrogen-bond acceptors (Lipinski definition) is 6. The topological polar surface area (TPSA) is 74.4 Å². The average molecular weight is 465 g/mol. The standard InChI is InChI=1S/C26H32N4O4/c31-25-10-9-24(30(25)14-13-28-15-17-33-18-16-28)21-5-7-23(8-6-21)34-26(32)27-29-12-11-20-3-1-2-4-22(20)19-29/h1-8,24H,9-19H2,(H,27,32). The largest absolute Gasteiger partial charge is 0.427 e. The van der Waals surface area contributed by atoms with Crippen LogP contribution in [0.5, 0.6) is 5.75 Å². The van der Waals surface area contributed by atoms with E-state index >= 15 is 0 Å². The molecule has 3 heterocycles. The minimum atomic E-state index is -0.490. The maximum atomic E-state index is 12.5. The van der Waals surface area contributed by atoms with Crippen molar-refractivity contribution in [3.63, 3.8) is 0 Å². The zero-order chi connectivity index (χ0) is 23.3. The smallest absolute Gasteiger partial charge is 0.409 e. The van der Waals surface area contributed by atoms with Crippen molar-refractivity contribution >= 4 is 12.0 Å². The number of hydrazine groups is 1. The Balaban J connectivity index is 1.14. The molecule has 5 rings (SSSR count). The summed E-state index contributed by atoms with van der Waals surface area (Å²) in [6.45, 7) is 6.38. The molecule has 0 radical (unpaired) electrons. The highest BCUT2D eigenvalue weighted by Gasteiger charge is 2.32. The molecule has 0 aliphatic carbocycles. The number of ether oxygens (including phenoxy) is 2. The summed E-state index contributed by atoms with van der Waals surface area (Å²) in [6, 6.07) is 15.9. The molecule has 180 valence electrons. The van der Waals surface area contributed by atoms with Crippen LogP contribution in [0.25, 0.3) is 0 Å². The van der Waals surface area contributed by atoms with Gasteiger partial charge in [-0.05, 0) is 41.7 Å². The van der Waals surface area contributed by atoms with E-state index in [2.05, 4.69) is 22.5 Å². The fourth-order valence-electron chi connectivity index (χ4n) is 5.04. The Labute approximate surface area is 200 Å². The van der Waals surface area contributed by atoms with E-state index in [1.54, 1.807) is 0 Å². The molecule has 8 nitrogen and oxygen atoms in total. The number of likely N-dealkylation sites (tertiary alicyclic amines) is 1. The number of nitrogens with zero attached hydrogens (tertiary/aromatic N) is 3. The van der Waals surface area contributed by atoms with Crippen molar-refractivity contribution < 1.29 is 19.1 Å². The maximum absolute atomic E-state index is 12.5. The molecule has 0 aromatic heterocycles. The molecule has 1 unspecified atom stereocenters. The van der Waals surface area contributed by atoms with Gasteiger partial charge in [0, 0.05) is 45.7 Å². The highest BCUT2D eigenvalue weighted by Crippen LogP contribution is 2.33.